The van der Waals surface area contributed by atoms with Gasteiger partial charge >= 0.3 is 0 Å². The number of ether oxygens (including phenoxy) is 1. The SMILES string of the molecule is COc1cc(Br)cc2c1NCCC2.Cl. The molecule has 0 fully saturated rings. The van der Waals surface area contributed by atoms with E-state index in [4.69, 9.17) is 4.74 Å². The summed E-state index contributed by atoms with van der Waals surface area (Å²) in [4.78, 5) is 0. The average Bonchev–Trinajstić information content (AvgIpc) is 2.16. The Bertz CT molecular complexity index is 313. The first-order chi connectivity index (χ1) is 6.31. The molecule has 4 heteroatoms. The van der Waals surface area contributed by atoms with Crippen molar-refractivity contribution in [1.29, 1.82) is 0 Å². The number of rotatable bonds is 1. The fourth-order valence-corrected chi connectivity index (χ4v) is 2.17. The lowest BCUT2D eigenvalue weighted by atomic mass is 10.0. The second-order valence-electron chi connectivity index (χ2n) is 3.17. The number of anilines is 1. The highest BCUT2D eigenvalue weighted by molar-refractivity contribution is 9.10. The lowest BCUT2D eigenvalue weighted by Crippen LogP contribution is -2.12. The van der Waals surface area contributed by atoms with Gasteiger partial charge in [0.25, 0.3) is 0 Å². The van der Waals surface area contributed by atoms with Gasteiger partial charge in [0, 0.05) is 11.0 Å². The third-order valence-electron chi connectivity index (χ3n) is 2.29. The molecular formula is C10H13BrClNO. The Morgan fingerprint density at radius 2 is 2.21 bits per heavy atom. The van der Waals surface area contributed by atoms with Gasteiger partial charge < -0.3 is 10.1 Å². The summed E-state index contributed by atoms with van der Waals surface area (Å²) in [6, 6.07) is 4.15. The van der Waals surface area contributed by atoms with Crippen LogP contribution in [0.2, 0.25) is 0 Å². The summed E-state index contributed by atoms with van der Waals surface area (Å²) in [5, 5.41) is 3.36. The topological polar surface area (TPSA) is 21.3 Å². The van der Waals surface area contributed by atoms with Gasteiger partial charge in [0.05, 0.1) is 12.8 Å². The number of halogens is 2. The second-order valence-corrected chi connectivity index (χ2v) is 4.09. The van der Waals surface area contributed by atoms with Crippen molar-refractivity contribution in [2.75, 3.05) is 19.0 Å². The first-order valence-electron chi connectivity index (χ1n) is 4.41. The summed E-state index contributed by atoms with van der Waals surface area (Å²) in [7, 11) is 1.71. The molecule has 14 heavy (non-hydrogen) atoms. The molecule has 0 saturated heterocycles. The summed E-state index contributed by atoms with van der Waals surface area (Å²) < 4.78 is 6.39. The van der Waals surface area contributed by atoms with E-state index < -0.39 is 0 Å². The van der Waals surface area contributed by atoms with E-state index in [1.54, 1.807) is 7.11 Å². The molecule has 0 spiro atoms. The van der Waals surface area contributed by atoms with E-state index in [2.05, 4.69) is 27.3 Å². The standard InChI is InChI=1S/C10H12BrNO.ClH/c1-13-9-6-8(11)5-7-3-2-4-12-10(7)9;/h5-6,12H,2-4H2,1H3;1H. The normalized spacial score (nSPS) is 13.6. The van der Waals surface area contributed by atoms with Crippen LogP contribution in [-0.2, 0) is 6.42 Å². The van der Waals surface area contributed by atoms with Crippen LogP contribution in [0.15, 0.2) is 16.6 Å². The molecule has 0 saturated carbocycles. The zero-order valence-electron chi connectivity index (χ0n) is 7.97. The fourth-order valence-electron chi connectivity index (χ4n) is 1.69. The number of hydrogen-bond donors (Lipinski definition) is 1. The maximum atomic E-state index is 5.30. The first kappa shape index (κ1) is 11.7. The Hall–Kier alpha value is -0.410. The lowest BCUT2D eigenvalue weighted by Gasteiger charge is -2.20. The van der Waals surface area contributed by atoms with Gasteiger partial charge in [0.15, 0.2) is 0 Å². The number of nitrogens with one attached hydrogen (secondary N) is 1. The van der Waals surface area contributed by atoms with Crippen LogP contribution in [0.1, 0.15) is 12.0 Å². The van der Waals surface area contributed by atoms with Crippen molar-refractivity contribution in [2.45, 2.75) is 12.8 Å². The van der Waals surface area contributed by atoms with Crippen molar-refractivity contribution in [1.82, 2.24) is 0 Å². The molecule has 1 aliphatic heterocycles. The molecule has 1 aromatic rings. The first-order valence-corrected chi connectivity index (χ1v) is 5.21. The molecule has 0 unspecified atom stereocenters. The Kier molecular flexibility index (Phi) is 4.08. The highest BCUT2D eigenvalue weighted by Gasteiger charge is 2.13. The summed E-state index contributed by atoms with van der Waals surface area (Å²) in [6.07, 6.45) is 2.34. The minimum atomic E-state index is 0. The number of methoxy groups -OCH3 is 1. The molecule has 1 heterocycles. The van der Waals surface area contributed by atoms with Crippen LogP contribution in [0, 0.1) is 0 Å². The van der Waals surface area contributed by atoms with E-state index in [1.165, 1.54) is 12.0 Å². The summed E-state index contributed by atoms with van der Waals surface area (Å²) >= 11 is 3.47. The van der Waals surface area contributed by atoms with Gasteiger partial charge in [-0.15, -0.1) is 12.4 Å². The highest BCUT2D eigenvalue weighted by Crippen LogP contribution is 2.35. The van der Waals surface area contributed by atoms with Gasteiger partial charge in [-0.05, 0) is 30.5 Å². The van der Waals surface area contributed by atoms with Gasteiger partial charge in [-0.25, -0.2) is 0 Å². The van der Waals surface area contributed by atoms with Crippen LogP contribution >= 0.6 is 28.3 Å². The Morgan fingerprint density at radius 3 is 2.93 bits per heavy atom. The van der Waals surface area contributed by atoms with Crippen LogP contribution in [0.5, 0.6) is 5.75 Å². The monoisotopic (exact) mass is 277 g/mol. The van der Waals surface area contributed by atoms with E-state index in [0.29, 0.717) is 0 Å². The Labute approximate surface area is 98.6 Å². The van der Waals surface area contributed by atoms with Crippen LogP contribution in [0.3, 0.4) is 0 Å². The zero-order chi connectivity index (χ0) is 9.26. The predicted octanol–water partition coefficient (Wildman–Crippen LogP) is 3.24. The molecule has 0 amide bonds. The lowest BCUT2D eigenvalue weighted by molar-refractivity contribution is 0.415. The molecule has 78 valence electrons. The zero-order valence-corrected chi connectivity index (χ0v) is 10.4. The molecule has 0 aliphatic carbocycles. The van der Waals surface area contributed by atoms with E-state index in [9.17, 15) is 0 Å². The van der Waals surface area contributed by atoms with E-state index in [0.717, 1.165) is 28.9 Å². The predicted molar refractivity (Wildman–Crippen MR) is 64.8 cm³/mol. The van der Waals surface area contributed by atoms with Gasteiger partial charge in [-0.3, -0.25) is 0 Å². The van der Waals surface area contributed by atoms with E-state index in [1.807, 2.05) is 6.07 Å². The van der Waals surface area contributed by atoms with Crippen LogP contribution in [0.25, 0.3) is 0 Å². The molecule has 2 rings (SSSR count). The average molecular weight is 279 g/mol. The Balaban J connectivity index is 0.000000980. The van der Waals surface area contributed by atoms with Crippen molar-refractivity contribution >= 4 is 34.0 Å². The molecule has 1 N–H and O–H groups in total. The Morgan fingerprint density at radius 1 is 1.43 bits per heavy atom. The van der Waals surface area contributed by atoms with E-state index >= 15 is 0 Å². The molecule has 1 aliphatic rings. The van der Waals surface area contributed by atoms with Gasteiger partial charge in [0.1, 0.15) is 5.75 Å². The molecule has 0 aromatic heterocycles. The number of benzene rings is 1. The van der Waals surface area contributed by atoms with Crippen molar-refractivity contribution < 1.29 is 4.74 Å². The summed E-state index contributed by atoms with van der Waals surface area (Å²) in [6.45, 7) is 1.05. The molecule has 1 aromatic carbocycles. The highest BCUT2D eigenvalue weighted by atomic mass is 79.9. The van der Waals surface area contributed by atoms with Crippen molar-refractivity contribution in [2.24, 2.45) is 0 Å². The molecule has 0 bridgehead atoms. The third kappa shape index (κ3) is 2.15. The van der Waals surface area contributed by atoms with Crippen LogP contribution in [-0.4, -0.2) is 13.7 Å². The van der Waals surface area contributed by atoms with Gasteiger partial charge in [-0.2, -0.15) is 0 Å². The minimum absolute atomic E-state index is 0. The quantitative estimate of drug-likeness (QED) is 0.851. The number of fused-ring (bicyclic) bond motifs is 1. The fraction of sp³-hybridized carbons (Fsp3) is 0.400. The summed E-state index contributed by atoms with van der Waals surface area (Å²) in [5.41, 5.74) is 2.51. The van der Waals surface area contributed by atoms with Crippen LogP contribution < -0.4 is 10.1 Å². The number of aryl methyl sites for hydroxylation is 1. The molecule has 0 atom stereocenters. The molecule has 2 nitrogen and oxygen atoms in total. The molecular weight excluding hydrogens is 265 g/mol. The van der Waals surface area contributed by atoms with Crippen molar-refractivity contribution in [3.63, 3.8) is 0 Å². The van der Waals surface area contributed by atoms with E-state index in [-0.39, 0.29) is 12.4 Å². The summed E-state index contributed by atoms with van der Waals surface area (Å²) in [5.74, 6) is 0.934. The maximum absolute atomic E-state index is 5.30. The maximum Gasteiger partial charge on any atom is 0.143 e. The molecule has 0 radical (unpaired) electrons. The second kappa shape index (κ2) is 4.89. The van der Waals surface area contributed by atoms with Crippen molar-refractivity contribution in [3.8, 4) is 5.75 Å². The smallest absolute Gasteiger partial charge is 0.143 e. The van der Waals surface area contributed by atoms with Crippen molar-refractivity contribution in [3.05, 3.63) is 22.2 Å². The largest absolute Gasteiger partial charge is 0.495 e. The third-order valence-corrected chi connectivity index (χ3v) is 2.75. The minimum Gasteiger partial charge on any atom is -0.495 e. The van der Waals surface area contributed by atoms with Gasteiger partial charge in [-0.1, -0.05) is 15.9 Å². The number of hydrogen-bond acceptors (Lipinski definition) is 2. The van der Waals surface area contributed by atoms with Gasteiger partial charge in [0.2, 0.25) is 0 Å². The van der Waals surface area contributed by atoms with Crippen LogP contribution in [0.4, 0.5) is 5.69 Å².